The Morgan fingerprint density at radius 2 is 2.37 bits per heavy atom. The number of nitrogens with one attached hydrogen (secondary N) is 2. The molecule has 106 valence electrons. The van der Waals surface area contributed by atoms with Gasteiger partial charge in [-0.1, -0.05) is 11.3 Å². The molecule has 0 aliphatic heterocycles. The molecular formula is C12H20N4O2S. The SMILES string of the molecule is CC(O)CCNC(=O)c1sc(NC2CCC2)nc1N. The van der Waals surface area contributed by atoms with Crippen molar-refractivity contribution in [1.29, 1.82) is 0 Å². The molecule has 1 aromatic heterocycles. The Kier molecular flexibility index (Phi) is 4.60. The van der Waals surface area contributed by atoms with E-state index in [0.29, 0.717) is 29.0 Å². The molecule has 2 rings (SSSR count). The lowest BCUT2D eigenvalue weighted by Gasteiger charge is -2.25. The maximum absolute atomic E-state index is 11.9. The summed E-state index contributed by atoms with van der Waals surface area (Å²) in [5, 5.41) is 15.8. The number of aromatic nitrogens is 1. The lowest BCUT2D eigenvalue weighted by atomic mass is 9.93. The fourth-order valence-corrected chi connectivity index (χ4v) is 2.64. The highest BCUT2D eigenvalue weighted by Gasteiger charge is 2.21. The van der Waals surface area contributed by atoms with Crippen molar-refractivity contribution in [3.8, 4) is 0 Å². The average molecular weight is 284 g/mol. The van der Waals surface area contributed by atoms with Gasteiger partial charge in [-0.3, -0.25) is 4.79 Å². The zero-order valence-corrected chi connectivity index (χ0v) is 11.8. The minimum Gasteiger partial charge on any atom is -0.393 e. The van der Waals surface area contributed by atoms with E-state index < -0.39 is 6.10 Å². The molecule has 5 N–H and O–H groups in total. The predicted octanol–water partition coefficient (Wildman–Crippen LogP) is 1.19. The minimum absolute atomic E-state index is 0.225. The lowest BCUT2D eigenvalue weighted by molar-refractivity contribution is 0.0950. The van der Waals surface area contributed by atoms with Crippen molar-refractivity contribution in [2.24, 2.45) is 0 Å². The molecule has 7 heteroatoms. The summed E-state index contributed by atoms with van der Waals surface area (Å²) in [6, 6.07) is 0.469. The molecule has 1 aromatic rings. The number of hydrogen-bond acceptors (Lipinski definition) is 6. The largest absolute Gasteiger partial charge is 0.393 e. The summed E-state index contributed by atoms with van der Waals surface area (Å²) in [5.41, 5.74) is 5.76. The normalized spacial score (nSPS) is 16.7. The van der Waals surface area contributed by atoms with Crippen molar-refractivity contribution in [3.63, 3.8) is 0 Å². The second kappa shape index (κ2) is 6.21. The predicted molar refractivity (Wildman–Crippen MR) is 76.4 cm³/mol. The Morgan fingerprint density at radius 3 is 2.95 bits per heavy atom. The van der Waals surface area contributed by atoms with Gasteiger partial charge in [-0.25, -0.2) is 4.98 Å². The summed E-state index contributed by atoms with van der Waals surface area (Å²) < 4.78 is 0. The van der Waals surface area contributed by atoms with Gasteiger partial charge < -0.3 is 21.5 Å². The number of hydrogen-bond donors (Lipinski definition) is 4. The van der Waals surface area contributed by atoms with Crippen LogP contribution in [0.4, 0.5) is 10.9 Å². The van der Waals surface area contributed by atoms with Crippen LogP contribution in [0.1, 0.15) is 42.3 Å². The summed E-state index contributed by atoms with van der Waals surface area (Å²) in [4.78, 5) is 16.5. The van der Waals surface area contributed by atoms with Crippen LogP contribution in [0.2, 0.25) is 0 Å². The minimum atomic E-state index is -0.421. The third-order valence-electron chi connectivity index (χ3n) is 3.14. The van der Waals surface area contributed by atoms with Gasteiger partial charge in [0.1, 0.15) is 10.7 Å². The number of anilines is 2. The van der Waals surface area contributed by atoms with Gasteiger partial charge in [-0.15, -0.1) is 0 Å². The van der Waals surface area contributed by atoms with Gasteiger partial charge in [0, 0.05) is 12.6 Å². The van der Waals surface area contributed by atoms with Gasteiger partial charge in [0.25, 0.3) is 5.91 Å². The van der Waals surface area contributed by atoms with Gasteiger partial charge in [0.2, 0.25) is 0 Å². The average Bonchev–Trinajstić information content (AvgIpc) is 2.64. The highest BCUT2D eigenvalue weighted by atomic mass is 32.1. The number of nitrogen functional groups attached to an aromatic ring is 1. The molecule has 1 saturated carbocycles. The maximum Gasteiger partial charge on any atom is 0.265 e. The number of nitrogens with zero attached hydrogens (tertiary/aromatic N) is 1. The number of thiazole rings is 1. The number of amides is 1. The van der Waals surface area contributed by atoms with E-state index in [1.54, 1.807) is 6.92 Å². The molecule has 1 fully saturated rings. The molecule has 0 radical (unpaired) electrons. The molecule has 1 amide bonds. The first-order valence-corrected chi connectivity index (χ1v) is 7.37. The van der Waals surface area contributed by atoms with Gasteiger partial charge in [-0.2, -0.15) is 0 Å². The first kappa shape index (κ1) is 14.1. The Bertz CT molecular complexity index is 443. The summed E-state index contributed by atoms with van der Waals surface area (Å²) in [6.45, 7) is 2.12. The van der Waals surface area contributed by atoms with Crippen LogP contribution in [0.25, 0.3) is 0 Å². The molecule has 19 heavy (non-hydrogen) atoms. The van der Waals surface area contributed by atoms with E-state index in [2.05, 4.69) is 15.6 Å². The van der Waals surface area contributed by atoms with Crippen molar-refractivity contribution < 1.29 is 9.90 Å². The van der Waals surface area contributed by atoms with E-state index in [1.807, 2.05) is 0 Å². The number of carbonyl (C=O) groups excluding carboxylic acids is 1. The summed E-state index contributed by atoms with van der Waals surface area (Å²) in [7, 11) is 0. The monoisotopic (exact) mass is 284 g/mol. The third-order valence-corrected chi connectivity index (χ3v) is 4.14. The van der Waals surface area contributed by atoms with Crippen molar-refractivity contribution >= 4 is 28.2 Å². The van der Waals surface area contributed by atoms with E-state index in [0.717, 1.165) is 12.8 Å². The number of aliphatic hydroxyl groups excluding tert-OH is 1. The molecule has 1 aliphatic rings. The highest BCUT2D eigenvalue weighted by molar-refractivity contribution is 7.18. The molecule has 6 nitrogen and oxygen atoms in total. The summed E-state index contributed by atoms with van der Waals surface area (Å²) >= 11 is 1.28. The van der Waals surface area contributed by atoms with Crippen molar-refractivity contribution in [3.05, 3.63) is 4.88 Å². The van der Waals surface area contributed by atoms with Crippen LogP contribution in [-0.2, 0) is 0 Å². The quantitative estimate of drug-likeness (QED) is 0.629. The molecule has 1 heterocycles. The maximum atomic E-state index is 11.9. The van der Waals surface area contributed by atoms with E-state index in [9.17, 15) is 4.79 Å². The van der Waals surface area contributed by atoms with Crippen LogP contribution in [0, 0.1) is 0 Å². The van der Waals surface area contributed by atoms with E-state index >= 15 is 0 Å². The van der Waals surface area contributed by atoms with Gasteiger partial charge >= 0.3 is 0 Å². The van der Waals surface area contributed by atoms with E-state index in [1.165, 1.54) is 17.8 Å². The fraction of sp³-hybridized carbons (Fsp3) is 0.667. The molecule has 1 aliphatic carbocycles. The molecule has 0 spiro atoms. The Morgan fingerprint density at radius 1 is 1.63 bits per heavy atom. The smallest absolute Gasteiger partial charge is 0.265 e. The van der Waals surface area contributed by atoms with Crippen LogP contribution in [0.5, 0.6) is 0 Å². The number of rotatable bonds is 6. The van der Waals surface area contributed by atoms with Crippen molar-refractivity contribution in [2.45, 2.75) is 44.8 Å². The Hall–Kier alpha value is -1.34. The van der Waals surface area contributed by atoms with Crippen LogP contribution < -0.4 is 16.4 Å². The van der Waals surface area contributed by atoms with Gasteiger partial charge in [0.05, 0.1) is 6.10 Å². The van der Waals surface area contributed by atoms with E-state index in [-0.39, 0.29) is 11.7 Å². The molecular weight excluding hydrogens is 264 g/mol. The van der Waals surface area contributed by atoms with Gasteiger partial charge in [-0.05, 0) is 32.6 Å². The molecule has 0 aromatic carbocycles. The first-order valence-electron chi connectivity index (χ1n) is 6.55. The third kappa shape index (κ3) is 3.81. The van der Waals surface area contributed by atoms with Crippen molar-refractivity contribution in [1.82, 2.24) is 10.3 Å². The number of carbonyl (C=O) groups is 1. The van der Waals surface area contributed by atoms with E-state index in [4.69, 9.17) is 10.8 Å². The standard InChI is InChI=1S/C12H20N4O2S/c1-7(17)5-6-14-11(18)9-10(13)16-12(19-9)15-8-3-2-4-8/h7-8,17H,2-6,13H2,1H3,(H,14,18)(H,15,16). The van der Waals surface area contributed by atoms with Crippen LogP contribution in [0.3, 0.4) is 0 Å². The zero-order valence-electron chi connectivity index (χ0n) is 11.0. The molecule has 0 bridgehead atoms. The molecule has 1 atom stereocenters. The zero-order chi connectivity index (χ0) is 13.8. The highest BCUT2D eigenvalue weighted by Crippen LogP contribution is 2.29. The van der Waals surface area contributed by atoms with Crippen LogP contribution in [-0.4, -0.2) is 34.7 Å². The second-order valence-corrected chi connectivity index (χ2v) is 5.90. The van der Waals surface area contributed by atoms with Crippen LogP contribution in [0.15, 0.2) is 0 Å². The molecule has 0 saturated heterocycles. The lowest BCUT2D eigenvalue weighted by Crippen LogP contribution is -2.26. The van der Waals surface area contributed by atoms with Gasteiger partial charge in [0.15, 0.2) is 5.13 Å². The number of aliphatic hydroxyl groups is 1. The summed E-state index contributed by atoms with van der Waals surface area (Å²) in [5.74, 6) is 0.0404. The first-order chi connectivity index (χ1) is 9.06. The van der Waals surface area contributed by atoms with Crippen LogP contribution >= 0.6 is 11.3 Å². The Balaban J connectivity index is 1.89. The number of nitrogens with two attached hydrogens (primary N) is 1. The topological polar surface area (TPSA) is 100 Å². The fourth-order valence-electron chi connectivity index (χ4n) is 1.76. The second-order valence-electron chi connectivity index (χ2n) is 4.90. The van der Waals surface area contributed by atoms with Crippen molar-refractivity contribution in [2.75, 3.05) is 17.6 Å². The molecule has 1 unspecified atom stereocenters. The summed E-state index contributed by atoms with van der Waals surface area (Å²) in [6.07, 6.45) is 3.64. The Labute approximate surface area is 116 Å².